The smallest absolute Gasteiger partial charge is 0.321 e. The van der Waals surface area contributed by atoms with Gasteiger partial charge in [-0.15, -0.1) is 5.92 Å². The third-order valence-electron chi connectivity index (χ3n) is 4.81. The molecule has 2 aromatic carbocycles. The summed E-state index contributed by atoms with van der Waals surface area (Å²) >= 11 is 0. The van der Waals surface area contributed by atoms with Gasteiger partial charge in [0.2, 0.25) is 0 Å². The van der Waals surface area contributed by atoms with E-state index >= 15 is 0 Å². The fraction of sp³-hybridized carbons (Fsp3) is 0.400. The minimum absolute atomic E-state index is 0.285. The molecule has 0 aliphatic heterocycles. The zero-order valence-corrected chi connectivity index (χ0v) is 18.1. The number of benzene rings is 2. The first-order valence-electron chi connectivity index (χ1n) is 10.1. The molecule has 0 bridgehead atoms. The van der Waals surface area contributed by atoms with E-state index in [0.717, 1.165) is 11.1 Å². The average molecular weight is 411 g/mol. The number of hydrogen-bond acceptors (Lipinski definition) is 5. The van der Waals surface area contributed by atoms with Gasteiger partial charge in [0.15, 0.2) is 6.29 Å². The van der Waals surface area contributed by atoms with Gasteiger partial charge in [0.25, 0.3) is 0 Å². The minimum Gasteiger partial charge on any atom is -0.481 e. The van der Waals surface area contributed by atoms with E-state index in [1.54, 1.807) is 6.92 Å². The lowest BCUT2D eigenvalue weighted by Crippen LogP contribution is -2.42. The molecular weight excluding hydrogens is 380 g/mol. The number of methoxy groups -OCH3 is 1. The lowest BCUT2D eigenvalue weighted by molar-refractivity contribution is -0.164. The van der Waals surface area contributed by atoms with Crippen LogP contribution in [0.2, 0.25) is 0 Å². The predicted octanol–water partition coefficient (Wildman–Crippen LogP) is 4.34. The molecule has 0 aliphatic carbocycles. The Labute approximate surface area is 179 Å². The number of carbonyl (C=O) groups is 1. The number of ether oxygens (including phenoxy) is 4. The maximum atomic E-state index is 13.3. The number of carbonyl (C=O) groups excluding carboxylic acids is 1. The van der Waals surface area contributed by atoms with Crippen molar-refractivity contribution in [1.82, 2.24) is 0 Å². The molecule has 2 aromatic rings. The number of rotatable bonds is 11. The zero-order valence-electron chi connectivity index (χ0n) is 18.1. The molecule has 0 saturated heterocycles. The topological polar surface area (TPSA) is 54.0 Å². The SMILES string of the molecule is CC#CCOc1ccc(C(CC(OCC)OCC)(C(=O)OC)c2ccccc2)cc1. The Morgan fingerprint density at radius 3 is 2.10 bits per heavy atom. The molecule has 5 nitrogen and oxygen atoms in total. The second-order valence-electron chi connectivity index (χ2n) is 6.55. The van der Waals surface area contributed by atoms with Crippen LogP contribution in [-0.4, -0.2) is 39.2 Å². The molecule has 30 heavy (non-hydrogen) atoms. The molecule has 2 rings (SSSR count). The summed E-state index contributed by atoms with van der Waals surface area (Å²) in [4.78, 5) is 13.3. The van der Waals surface area contributed by atoms with Crippen molar-refractivity contribution in [3.05, 3.63) is 65.7 Å². The molecule has 0 amide bonds. The van der Waals surface area contributed by atoms with Gasteiger partial charge in [-0.3, -0.25) is 4.79 Å². The monoisotopic (exact) mass is 410 g/mol. The van der Waals surface area contributed by atoms with E-state index in [9.17, 15) is 4.79 Å². The molecule has 5 heteroatoms. The summed E-state index contributed by atoms with van der Waals surface area (Å²) < 4.78 is 22.5. The molecule has 0 aromatic heterocycles. The molecule has 0 aliphatic rings. The Morgan fingerprint density at radius 2 is 1.57 bits per heavy atom. The van der Waals surface area contributed by atoms with Gasteiger partial charge in [-0.2, -0.15) is 0 Å². The van der Waals surface area contributed by atoms with Crippen molar-refractivity contribution in [2.75, 3.05) is 26.9 Å². The van der Waals surface area contributed by atoms with Crippen LogP contribution in [0.1, 0.15) is 38.3 Å². The van der Waals surface area contributed by atoms with E-state index < -0.39 is 11.7 Å². The van der Waals surface area contributed by atoms with Gasteiger partial charge in [-0.1, -0.05) is 48.4 Å². The van der Waals surface area contributed by atoms with Gasteiger partial charge < -0.3 is 18.9 Å². The normalized spacial score (nSPS) is 12.6. The Kier molecular flexibility index (Phi) is 9.40. The van der Waals surface area contributed by atoms with Crippen molar-refractivity contribution >= 4 is 5.97 Å². The van der Waals surface area contributed by atoms with Crippen molar-refractivity contribution in [2.24, 2.45) is 0 Å². The van der Waals surface area contributed by atoms with Crippen LogP contribution in [0.3, 0.4) is 0 Å². The van der Waals surface area contributed by atoms with Crippen molar-refractivity contribution < 1.29 is 23.7 Å². The van der Waals surface area contributed by atoms with E-state index in [1.165, 1.54) is 7.11 Å². The Morgan fingerprint density at radius 1 is 0.967 bits per heavy atom. The second-order valence-corrected chi connectivity index (χ2v) is 6.55. The highest BCUT2D eigenvalue weighted by atomic mass is 16.7. The highest BCUT2D eigenvalue weighted by Gasteiger charge is 2.45. The van der Waals surface area contributed by atoms with Crippen LogP contribution in [0, 0.1) is 11.8 Å². The molecule has 0 fully saturated rings. The molecule has 0 N–H and O–H groups in total. The van der Waals surface area contributed by atoms with Crippen LogP contribution in [0.4, 0.5) is 0 Å². The average Bonchev–Trinajstić information content (AvgIpc) is 2.78. The van der Waals surface area contributed by atoms with Gasteiger partial charge in [-0.25, -0.2) is 0 Å². The maximum absolute atomic E-state index is 13.3. The van der Waals surface area contributed by atoms with E-state index in [-0.39, 0.29) is 12.4 Å². The molecular formula is C25H30O5. The van der Waals surface area contributed by atoms with E-state index in [4.69, 9.17) is 18.9 Å². The first-order chi connectivity index (χ1) is 14.6. The van der Waals surface area contributed by atoms with Crippen LogP contribution in [0.25, 0.3) is 0 Å². The third-order valence-corrected chi connectivity index (χ3v) is 4.81. The van der Waals surface area contributed by atoms with Gasteiger partial charge in [0.1, 0.15) is 17.8 Å². The maximum Gasteiger partial charge on any atom is 0.321 e. The summed E-state index contributed by atoms with van der Waals surface area (Å²) in [6.07, 6.45) is -0.276. The third kappa shape index (κ3) is 5.63. The molecule has 0 heterocycles. The summed E-state index contributed by atoms with van der Waals surface area (Å²) in [7, 11) is 1.40. The summed E-state index contributed by atoms with van der Waals surface area (Å²) in [6, 6.07) is 17.0. The minimum atomic E-state index is -1.09. The van der Waals surface area contributed by atoms with Crippen LogP contribution in [0.5, 0.6) is 5.75 Å². The second kappa shape index (κ2) is 12.0. The molecule has 160 valence electrons. The van der Waals surface area contributed by atoms with Gasteiger partial charge in [0.05, 0.1) is 7.11 Å². The highest BCUT2D eigenvalue weighted by molar-refractivity contribution is 5.87. The largest absolute Gasteiger partial charge is 0.481 e. The Hall–Kier alpha value is -2.81. The quantitative estimate of drug-likeness (QED) is 0.313. The van der Waals surface area contributed by atoms with Gasteiger partial charge in [-0.05, 0) is 44.0 Å². The lowest BCUT2D eigenvalue weighted by atomic mass is 9.71. The number of esters is 1. The molecule has 1 atom stereocenters. The summed E-state index contributed by atoms with van der Waals surface area (Å²) in [6.45, 7) is 6.83. The number of hydrogen-bond donors (Lipinski definition) is 0. The van der Waals surface area contributed by atoms with Crippen LogP contribution < -0.4 is 4.74 Å². The summed E-state index contributed by atoms with van der Waals surface area (Å²) in [5.41, 5.74) is 0.498. The van der Waals surface area contributed by atoms with Crippen molar-refractivity contribution in [2.45, 2.75) is 38.9 Å². The summed E-state index contributed by atoms with van der Waals surface area (Å²) in [5.74, 6) is 5.98. The van der Waals surface area contributed by atoms with Crippen LogP contribution in [-0.2, 0) is 24.4 Å². The highest BCUT2D eigenvalue weighted by Crippen LogP contribution is 2.39. The zero-order chi connectivity index (χ0) is 21.8. The fourth-order valence-corrected chi connectivity index (χ4v) is 3.43. The van der Waals surface area contributed by atoms with Crippen molar-refractivity contribution in [1.29, 1.82) is 0 Å². The Bertz CT molecular complexity index is 829. The van der Waals surface area contributed by atoms with E-state index in [2.05, 4.69) is 11.8 Å². The predicted molar refractivity (Wildman–Crippen MR) is 116 cm³/mol. The van der Waals surface area contributed by atoms with Crippen molar-refractivity contribution in [3.63, 3.8) is 0 Å². The van der Waals surface area contributed by atoms with Crippen molar-refractivity contribution in [3.8, 4) is 17.6 Å². The van der Waals surface area contributed by atoms with Crippen LogP contribution in [0.15, 0.2) is 54.6 Å². The van der Waals surface area contributed by atoms with E-state index in [0.29, 0.717) is 25.6 Å². The molecule has 0 radical (unpaired) electrons. The van der Waals surface area contributed by atoms with Gasteiger partial charge >= 0.3 is 5.97 Å². The molecule has 1 unspecified atom stereocenters. The molecule has 0 spiro atoms. The first-order valence-corrected chi connectivity index (χ1v) is 10.1. The Balaban J connectivity index is 2.55. The first kappa shape index (κ1) is 23.5. The molecule has 0 saturated carbocycles. The van der Waals surface area contributed by atoms with Gasteiger partial charge in [0, 0.05) is 19.6 Å². The fourth-order valence-electron chi connectivity index (χ4n) is 3.43. The van der Waals surface area contributed by atoms with E-state index in [1.807, 2.05) is 68.4 Å². The van der Waals surface area contributed by atoms with Crippen LogP contribution >= 0.6 is 0 Å². The summed E-state index contributed by atoms with van der Waals surface area (Å²) in [5, 5.41) is 0. The standard InChI is InChI=1S/C25H30O5/c1-5-8-18-30-22-16-14-21(15-17-22)25(24(26)27-4,20-12-10-9-11-13-20)19-23(28-6-2)29-7-3/h9-17,23H,6-7,18-19H2,1-4H3. The lowest BCUT2D eigenvalue weighted by Gasteiger charge is -2.35.